The maximum Gasteiger partial charge on any atom is 0.224 e. The molecule has 1 saturated heterocycles. The number of allylic oxidation sites excluding steroid dienone is 1. The van der Waals surface area contributed by atoms with Crippen LogP contribution in [0.5, 0.6) is 0 Å². The lowest BCUT2D eigenvalue weighted by atomic mass is 10.2. The molecular weight excluding hydrogens is 207 g/mol. The Hall–Kier alpha value is 0.270. The number of alkyl halides is 2. The van der Waals surface area contributed by atoms with Gasteiger partial charge in [0, 0.05) is 5.92 Å². The highest BCUT2D eigenvalue weighted by molar-refractivity contribution is 7.96. The van der Waals surface area contributed by atoms with Crippen molar-refractivity contribution in [2.45, 2.75) is 15.3 Å². The van der Waals surface area contributed by atoms with Crippen LogP contribution in [0.1, 0.15) is 6.42 Å². The van der Waals surface area contributed by atoms with Gasteiger partial charge in [0.2, 0.25) is 3.67 Å². The van der Waals surface area contributed by atoms with Gasteiger partial charge in [-0.25, -0.2) is 8.42 Å². The first-order chi connectivity index (χ1) is 4.96. The largest absolute Gasteiger partial charge is 0.225 e. The molecule has 0 N–H and O–H groups in total. The Morgan fingerprint density at radius 2 is 2.00 bits per heavy atom. The minimum Gasteiger partial charge on any atom is -0.225 e. The van der Waals surface area contributed by atoms with E-state index in [9.17, 15) is 8.42 Å². The highest BCUT2D eigenvalue weighted by Crippen LogP contribution is 2.52. The summed E-state index contributed by atoms with van der Waals surface area (Å²) in [7, 11) is -3.32. The summed E-state index contributed by atoms with van der Waals surface area (Å²) in [5.41, 5.74) is 0. The van der Waals surface area contributed by atoms with Crippen molar-refractivity contribution in [2.75, 3.05) is 0 Å². The maximum absolute atomic E-state index is 11.4. The van der Waals surface area contributed by atoms with Crippen LogP contribution < -0.4 is 0 Å². The number of hydrogen-bond donors (Lipinski definition) is 0. The van der Waals surface area contributed by atoms with E-state index in [0.717, 1.165) is 0 Å². The van der Waals surface area contributed by atoms with Crippen LogP contribution in [0.25, 0.3) is 0 Å². The highest BCUT2D eigenvalue weighted by atomic mass is 35.5. The SMILES string of the molecule is O=S1(=O)C2C=CC(C2)C1(Cl)Cl. The number of hydrogen-bond acceptors (Lipinski definition) is 2. The van der Waals surface area contributed by atoms with Crippen molar-refractivity contribution in [3.63, 3.8) is 0 Å². The molecule has 5 heteroatoms. The molecule has 0 saturated carbocycles. The predicted octanol–water partition coefficient (Wildman–Crippen LogP) is 1.49. The molecule has 0 aromatic rings. The van der Waals surface area contributed by atoms with Crippen LogP contribution in [0.2, 0.25) is 0 Å². The average Bonchev–Trinajstić information content (AvgIpc) is 2.37. The minimum atomic E-state index is -3.32. The van der Waals surface area contributed by atoms with Crippen molar-refractivity contribution in [3.05, 3.63) is 12.2 Å². The Kier molecular flexibility index (Phi) is 1.40. The number of sulfone groups is 1. The summed E-state index contributed by atoms with van der Waals surface area (Å²) in [6, 6.07) is 0. The lowest BCUT2D eigenvalue weighted by Gasteiger charge is -2.20. The summed E-state index contributed by atoms with van der Waals surface area (Å²) in [5.74, 6) is -0.208. The van der Waals surface area contributed by atoms with Crippen molar-refractivity contribution < 1.29 is 8.42 Å². The second kappa shape index (κ2) is 1.95. The van der Waals surface area contributed by atoms with Gasteiger partial charge >= 0.3 is 0 Å². The monoisotopic (exact) mass is 212 g/mol. The van der Waals surface area contributed by atoms with Gasteiger partial charge in [-0.1, -0.05) is 35.4 Å². The normalized spacial score (nSPS) is 43.1. The molecule has 0 radical (unpaired) electrons. The van der Waals surface area contributed by atoms with Gasteiger partial charge in [-0.3, -0.25) is 0 Å². The molecule has 11 heavy (non-hydrogen) atoms. The molecule has 0 amide bonds. The van der Waals surface area contributed by atoms with E-state index in [-0.39, 0.29) is 5.92 Å². The molecule has 2 aliphatic rings. The van der Waals surface area contributed by atoms with Crippen molar-refractivity contribution in [1.29, 1.82) is 0 Å². The van der Waals surface area contributed by atoms with Crippen LogP contribution in [-0.2, 0) is 9.84 Å². The van der Waals surface area contributed by atoms with Crippen molar-refractivity contribution in [3.8, 4) is 0 Å². The molecular formula is C6H6Cl2O2S. The highest BCUT2D eigenvalue weighted by Gasteiger charge is 2.59. The first-order valence-electron chi connectivity index (χ1n) is 3.26. The van der Waals surface area contributed by atoms with E-state index in [4.69, 9.17) is 23.2 Å². The van der Waals surface area contributed by atoms with E-state index in [1.165, 1.54) is 0 Å². The van der Waals surface area contributed by atoms with E-state index < -0.39 is 18.8 Å². The second-order valence-corrected chi connectivity index (χ2v) is 7.05. The zero-order valence-electron chi connectivity index (χ0n) is 5.50. The predicted molar refractivity (Wildman–Crippen MR) is 44.4 cm³/mol. The van der Waals surface area contributed by atoms with Crippen molar-refractivity contribution in [1.82, 2.24) is 0 Å². The smallest absolute Gasteiger partial charge is 0.224 e. The maximum atomic E-state index is 11.4. The fourth-order valence-corrected chi connectivity index (χ4v) is 4.33. The zero-order valence-corrected chi connectivity index (χ0v) is 7.83. The molecule has 1 heterocycles. The van der Waals surface area contributed by atoms with Crippen LogP contribution in [0.4, 0.5) is 0 Å². The number of fused-ring (bicyclic) bond motifs is 2. The summed E-state index contributed by atoms with van der Waals surface area (Å²) in [6.45, 7) is 0. The van der Waals surface area contributed by atoms with Gasteiger partial charge in [0.15, 0.2) is 9.84 Å². The van der Waals surface area contributed by atoms with Gasteiger partial charge in [-0.15, -0.1) is 0 Å². The van der Waals surface area contributed by atoms with Crippen molar-refractivity contribution >= 4 is 33.0 Å². The first kappa shape index (κ1) is 7.90. The molecule has 62 valence electrons. The van der Waals surface area contributed by atoms with Crippen LogP contribution >= 0.6 is 23.2 Å². The first-order valence-corrected chi connectivity index (χ1v) is 5.56. The van der Waals surface area contributed by atoms with Gasteiger partial charge in [0.05, 0.1) is 5.25 Å². The Morgan fingerprint density at radius 1 is 1.36 bits per heavy atom. The van der Waals surface area contributed by atoms with E-state index in [0.29, 0.717) is 6.42 Å². The summed E-state index contributed by atoms with van der Waals surface area (Å²) in [4.78, 5) is 0. The van der Waals surface area contributed by atoms with Gasteiger partial charge in [0.1, 0.15) is 0 Å². The van der Waals surface area contributed by atoms with Crippen molar-refractivity contribution in [2.24, 2.45) is 5.92 Å². The molecule has 2 bridgehead atoms. The molecule has 2 rings (SSSR count). The standard InChI is InChI=1S/C6H6Cl2O2S/c7-6(8)4-1-2-5(3-4)11(6,9)10/h1-2,4-5H,3H2. The van der Waals surface area contributed by atoms with E-state index >= 15 is 0 Å². The van der Waals surface area contributed by atoms with Crippen LogP contribution in [0.15, 0.2) is 12.2 Å². The Bertz CT molecular complexity index is 317. The lowest BCUT2D eigenvalue weighted by molar-refractivity contribution is 0.587. The Morgan fingerprint density at radius 3 is 2.27 bits per heavy atom. The van der Waals surface area contributed by atoms with Crippen LogP contribution in [-0.4, -0.2) is 17.3 Å². The quantitative estimate of drug-likeness (QED) is 0.451. The van der Waals surface area contributed by atoms with E-state index in [1.54, 1.807) is 12.2 Å². The lowest BCUT2D eigenvalue weighted by Crippen LogP contribution is -2.31. The molecule has 1 aliphatic heterocycles. The van der Waals surface area contributed by atoms with Crippen LogP contribution in [0.3, 0.4) is 0 Å². The molecule has 1 fully saturated rings. The molecule has 2 atom stereocenters. The molecule has 0 aromatic heterocycles. The summed E-state index contributed by atoms with van der Waals surface area (Å²) in [6.07, 6.45) is 4.00. The molecule has 2 unspecified atom stereocenters. The fraction of sp³-hybridized carbons (Fsp3) is 0.667. The fourth-order valence-electron chi connectivity index (χ4n) is 1.56. The Labute approximate surface area is 75.1 Å². The molecule has 2 nitrogen and oxygen atoms in total. The van der Waals surface area contributed by atoms with Gasteiger partial charge in [-0.2, -0.15) is 0 Å². The Balaban J connectivity index is 2.62. The summed E-state index contributed by atoms with van der Waals surface area (Å²) < 4.78 is 21.2. The third-order valence-corrected chi connectivity index (χ3v) is 6.31. The van der Waals surface area contributed by atoms with Gasteiger partial charge in [-0.05, 0) is 6.42 Å². The van der Waals surface area contributed by atoms with Crippen LogP contribution in [0, 0.1) is 5.92 Å². The molecule has 1 aliphatic carbocycles. The zero-order chi connectivity index (χ0) is 8.28. The molecule has 0 spiro atoms. The third kappa shape index (κ3) is 0.767. The molecule has 0 aromatic carbocycles. The van der Waals surface area contributed by atoms with Gasteiger partial charge in [0.25, 0.3) is 0 Å². The van der Waals surface area contributed by atoms with Gasteiger partial charge < -0.3 is 0 Å². The summed E-state index contributed by atoms with van der Waals surface area (Å²) >= 11 is 11.4. The number of rotatable bonds is 0. The topological polar surface area (TPSA) is 34.1 Å². The van der Waals surface area contributed by atoms with E-state index in [2.05, 4.69) is 0 Å². The third-order valence-electron chi connectivity index (χ3n) is 2.25. The number of halogens is 2. The average molecular weight is 213 g/mol. The minimum absolute atomic E-state index is 0.208. The summed E-state index contributed by atoms with van der Waals surface area (Å²) in [5, 5.41) is -0.442. The second-order valence-electron chi connectivity index (χ2n) is 2.87. The van der Waals surface area contributed by atoms with E-state index in [1.807, 2.05) is 0 Å².